The van der Waals surface area contributed by atoms with E-state index < -0.39 is 0 Å². The molecule has 0 aromatic rings. The fraction of sp³-hybridized carbons (Fsp3) is 0.857. The molecule has 0 saturated carbocycles. The van der Waals surface area contributed by atoms with Gasteiger partial charge in [0.05, 0.1) is 19.1 Å². The van der Waals surface area contributed by atoms with Crippen molar-refractivity contribution < 1.29 is 14.3 Å². The van der Waals surface area contributed by atoms with Crippen molar-refractivity contribution in [2.75, 3.05) is 32.8 Å². The third-order valence-electron chi connectivity index (χ3n) is 3.20. The van der Waals surface area contributed by atoms with E-state index in [0.29, 0.717) is 32.2 Å². The number of rotatable bonds is 6. The highest BCUT2D eigenvalue weighted by atomic mass is 16.5. The molecule has 1 aliphatic heterocycles. The quantitative estimate of drug-likeness (QED) is 0.733. The van der Waals surface area contributed by atoms with Crippen LogP contribution in [-0.4, -0.2) is 49.6 Å². The predicted molar refractivity (Wildman–Crippen MR) is 73.6 cm³/mol. The van der Waals surface area contributed by atoms with E-state index in [0.717, 1.165) is 19.4 Å². The summed E-state index contributed by atoms with van der Waals surface area (Å²) in [6, 6.07) is 0. The molecule has 1 amide bonds. The van der Waals surface area contributed by atoms with Gasteiger partial charge in [0, 0.05) is 13.1 Å². The van der Waals surface area contributed by atoms with E-state index in [-0.39, 0.29) is 17.8 Å². The minimum absolute atomic E-state index is 0.0400. The van der Waals surface area contributed by atoms with Crippen LogP contribution in [0.2, 0.25) is 0 Å². The largest absolute Gasteiger partial charge is 0.466 e. The average Bonchev–Trinajstić information content (AvgIpc) is 2.37. The van der Waals surface area contributed by atoms with Crippen LogP contribution in [0.3, 0.4) is 0 Å². The Kier molecular flexibility index (Phi) is 6.84. The van der Waals surface area contributed by atoms with Crippen LogP contribution in [0.4, 0.5) is 0 Å². The SMILES string of the molecule is CCOC(=O)[C@@H]1CCCN(CC(=O)NCC(C)C)C1. The summed E-state index contributed by atoms with van der Waals surface area (Å²) >= 11 is 0. The second-order valence-electron chi connectivity index (χ2n) is 5.52. The average molecular weight is 270 g/mol. The monoisotopic (exact) mass is 270 g/mol. The Labute approximate surface area is 115 Å². The van der Waals surface area contributed by atoms with Crippen LogP contribution < -0.4 is 5.32 Å². The van der Waals surface area contributed by atoms with Gasteiger partial charge in [0.1, 0.15) is 0 Å². The maximum absolute atomic E-state index is 11.7. The number of likely N-dealkylation sites (tertiary alicyclic amines) is 1. The highest BCUT2D eigenvalue weighted by molar-refractivity contribution is 5.78. The molecule has 1 N–H and O–H groups in total. The van der Waals surface area contributed by atoms with Crippen molar-refractivity contribution in [3.63, 3.8) is 0 Å². The van der Waals surface area contributed by atoms with E-state index in [9.17, 15) is 9.59 Å². The van der Waals surface area contributed by atoms with E-state index in [1.807, 2.05) is 11.8 Å². The van der Waals surface area contributed by atoms with Gasteiger partial charge in [-0.1, -0.05) is 13.8 Å². The van der Waals surface area contributed by atoms with Crippen molar-refractivity contribution in [1.82, 2.24) is 10.2 Å². The molecule has 0 unspecified atom stereocenters. The first-order valence-electron chi connectivity index (χ1n) is 7.18. The molecule has 0 aromatic heterocycles. The molecule has 1 heterocycles. The zero-order chi connectivity index (χ0) is 14.3. The summed E-state index contributed by atoms with van der Waals surface area (Å²) < 4.78 is 5.05. The first-order valence-corrected chi connectivity index (χ1v) is 7.18. The van der Waals surface area contributed by atoms with Crippen molar-refractivity contribution in [3.05, 3.63) is 0 Å². The molecule has 0 radical (unpaired) electrons. The van der Waals surface area contributed by atoms with Crippen LogP contribution in [0.1, 0.15) is 33.6 Å². The maximum atomic E-state index is 11.7. The van der Waals surface area contributed by atoms with Gasteiger partial charge >= 0.3 is 5.97 Å². The van der Waals surface area contributed by atoms with Crippen LogP contribution in [0.15, 0.2) is 0 Å². The smallest absolute Gasteiger partial charge is 0.310 e. The minimum atomic E-state index is -0.130. The van der Waals surface area contributed by atoms with Gasteiger partial charge in [-0.05, 0) is 32.2 Å². The normalized spacial score (nSPS) is 20.3. The number of ether oxygens (including phenoxy) is 1. The third-order valence-corrected chi connectivity index (χ3v) is 3.20. The van der Waals surface area contributed by atoms with Crippen LogP contribution in [0, 0.1) is 11.8 Å². The Morgan fingerprint density at radius 1 is 1.42 bits per heavy atom. The Bertz CT molecular complexity index is 305. The molecule has 19 heavy (non-hydrogen) atoms. The molecule has 1 atom stereocenters. The topological polar surface area (TPSA) is 58.6 Å². The van der Waals surface area contributed by atoms with Gasteiger partial charge in [0.25, 0.3) is 0 Å². The predicted octanol–water partition coefficient (Wildman–Crippen LogP) is 1.03. The molecule has 0 bridgehead atoms. The van der Waals surface area contributed by atoms with Gasteiger partial charge in [-0.3, -0.25) is 14.5 Å². The number of esters is 1. The lowest BCUT2D eigenvalue weighted by Crippen LogP contribution is -2.45. The van der Waals surface area contributed by atoms with Crippen molar-refractivity contribution in [2.45, 2.75) is 33.6 Å². The summed E-state index contributed by atoms with van der Waals surface area (Å²) in [5.74, 6) is 0.289. The van der Waals surface area contributed by atoms with E-state index in [1.54, 1.807) is 0 Å². The van der Waals surface area contributed by atoms with Crippen molar-refractivity contribution in [3.8, 4) is 0 Å². The molecule has 1 rings (SSSR count). The maximum Gasteiger partial charge on any atom is 0.310 e. The van der Waals surface area contributed by atoms with Crippen LogP contribution in [-0.2, 0) is 14.3 Å². The number of nitrogens with one attached hydrogen (secondary N) is 1. The fourth-order valence-electron chi connectivity index (χ4n) is 2.23. The van der Waals surface area contributed by atoms with Crippen LogP contribution in [0.5, 0.6) is 0 Å². The molecule has 0 aromatic carbocycles. The third kappa shape index (κ3) is 6.05. The second-order valence-corrected chi connectivity index (χ2v) is 5.52. The highest BCUT2D eigenvalue weighted by Gasteiger charge is 2.27. The number of piperidine rings is 1. The molecule has 5 heteroatoms. The molecule has 1 fully saturated rings. The summed E-state index contributed by atoms with van der Waals surface area (Å²) in [6.45, 7) is 8.97. The first kappa shape index (κ1) is 16.0. The lowest BCUT2D eigenvalue weighted by Gasteiger charge is -2.30. The molecule has 5 nitrogen and oxygen atoms in total. The van der Waals surface area contributed by atoms with E-state index in [1.165, 1.54) is 0 Å². The number of nitrogens with zero attached hydrogens (tertiary/aromatic N) is 1. The molecule has 1 aliphatic rings. The van der Waals surface area contributed by atoms with Crippen molar-refractivity contribution in [2.24, 2.45) is 11.8 Å². The highest BCUT2D eigenvalue weighted by Crippen LogP contribution is 2.17. The summed E-state index contributed by atoms with van der Waals surface area (Å²) in [7, 11) is 0. The molecular formula is C14H26N2O3. The standard InChI is InChI=1S/C14H26N2O3/c1-4-19-14(18)12-6-5-7-16(9-12)10-13(17)15-8-11(2)3/h11-12H,4-10H2,1-3H3,(H,15,17)/t12-/m1/s1. The van der Waals surface area contributed by atoms with Gasteiger partial charge < -0.3 is 10.1 Å². The summed E-state index contributed by atoms with van der Waals surface area (Å²) in [5, 5.41) is 2.90. The number of carbonyl (C=O) groups is 2. The van der Waals surface area contributed by atoms with Gasteiger partial charge in [0.2, 0.25) is 5.91 Å². The second kappa shape index (κ2) is 8.15. The van der Waals surface area contributed by atoms with E-state index in [4.69, 9.17) is 4.74 Å². The number of hydrogen-bond donors (Lipinski definition) is 1. The Morgan fingerprint density at radius 3 is 2.79 bits per heavy atom. The number of amides is 1. The van der Waals surface area contributed by atoms with E-state index >= 15 is 0 Å². The minimum Gasteiger partial charge on any atom is -0.466 e. The van der Waals surface area contributed by atoms with Crippen LogP contribution >= 0.6 is 0 Å². The van der Waals surface area contributed by atoms with Crippen molar-refractivity contribution in [1.29, 1.82) is 0 Å². The molecule has 0 spiro atoms. The lowest BCUT2D eigenvalue weighted by molar-refractivity contribution is -0.150. The Morgan fingerprint density at radius 2 is 2.16 bits per heavy atom. The van der Waals surface area contributed by atoms with Gasteiger partial charge in [-0.2, -0.15) is 0 Å². The molecule has 110 valence electrons. The summed E-state index contributed by atoms with van der Waals surface area (Å²) in [4.78, 5) is 25.5. The fourth-order valence-corrected chi connectivity index (χ4v) is 2.23. The van der Waals surface area contributed by atoms with Gasteiger partial charge in [-0.15, -0.1) is 0 Å². The Balaban J connectivity index is 2.34. The summed E-state index contributed by atoms with van der Waals surface area (Å²) in [5.41, 5.74) is 0. The number of hydrogen-bond acceptors (Lipinski definition) is 4. The summed E-state index contributed by atoms with van der Waals surface area (Å²) in [6.07, 6.45) is 1.81. The van der Waals surface area contributed by atoms with E-state index in [2.05, 4.69) is 19.2 Å². The van der Waals surface area contributed by atoms with Gasteiger partial charge in [-0.25, -0.2) is 0 Å². The van der Waals surface area contributed by atoms with Crippen molar-refractivity contribution >= 4 is 11.9 Å². The zero-order valence-electron chi connectivity index (χ0n) is 12.3. The van der Waals surface area contributed by atoms with Crippen LogP contribution in [0.25, 0.3) is 0 Å². The lowest BCUT2D eigenvalue weighted by atomic mass is 9.98. The molecule has 1 saturated heterocycles. The first-order chi connectivity index (χ1) is 9.02. The zero-order valence-corrected chi connectivity index (χ0v) is 12.3. The molecular weight excluding hydrogens is 244 g/mol. The molecule has 0 aliphatic carbocycles. The Hall–Kier alpha value is -1.10. The number of carbonyl (C=O) groups excluding carboxylic acids is 2. The van der Waals surface area contributed by atoms with Gasteiger partial charge in [0.15, 0.2) is 0 Å².